The van der Waals surface area contributed by atoms with Crippen LogP contribution in [0.15, 0.2) is 71.3 Å². The highest BCUT2D eigenvalue weighted by Gasteiger charge is 2.10. The van der Waals surface area contributed by atoms with Crippen molar-refractivity contribution in [1.82, 2.24) is 5.32 Å². The number of ether oxygens (including phenoxy) is 2. The van der Waals surface area contributed by atoms with Gasteiger partial charge in [0.05, 0.1) is 19.4 Å². The second kappa shape index (κ2) is 10.8. The summed E-state index contributed by atoms with van der Waals surface area (Å²) in [6, 6.07) is 17.1. The number of nitrogens with one attached hydrogen (secondary N) is 2. The van der Waals surface area contributed by atoms with Crippen LogP contribution in [-0.2, 0) is 11.3 Å². The molecule has 0 atom stereocenters. The van der Waals surface area contributed by atoms with Gasteiger partial charge in [-0.15, -0.1) is 0 Å². The number of hydrogen-bond acceptors (Lipinski definition) is 5. The van der Waals surface area contributed by atoms with E-state index in [0.29, 0.717) is 54.7 Å². The molecule has 3 aromatic rings. The minimum absolute atomic E-state index is 0.254. The molecule has 30 heavy (non-hydrogen) atoms. The molecule has 0 saturated carbocycles. The van der Waals surface area contributed by atoms with E-state index in [1.807, 2.05) is 6.92 Å². The first kappa shape index (κ1) is 21.1. The van der Waals surface area contributed by atoms with E-state index >= 15 is 0 Å². The maximum absolute atomic E-state index is 12.5. The second-order valence-electron chi connectivity index (χ2n) is 6.37. The van der Waals surface area contributed by atoms with E-state index in [0.717, 1.165) is 0 Å². The summed E-state index contributed by atoms with van der Waals surface area (Å²) < 4.78 is 16.0. The molecular weight excluding hydrogens is 384 g/mol. The number of amides is 2. The zero-order valence-electron chi connectivity index (χ0n) is 16.7. The number of carbonyl (C=O) groups is 2. The zero-order chi connectivity index (χ0) is 21.2. The van der Waals surface area contributed by atoms with Crippen LogP contribution in [0, 0.1) is 0 Å². The molecule has 0 aliphatic rings. The third kappa shape index (κ3) is 6.22. The van der Waals surface area contributed by atoms with Crippen molar-refractivity contribution in [3.05, 3.63) is 83.8 Å². The Balaban J connectivity index is 1.54. The molecule has 156 valence electrons. The molecule has 7 heteroatoms. The van der Waals surface area contributed by atoms with Gasteiger partial charge in [-0.05, 0) is 61.5 Å². The van der Waals surface area contributed by atoms with Gasteiger partial charge in [-0.1, -0.05) is 6.07 Å². The molecule has 0 aliphatic carbocycles. The van der Waals surface area contributed by atoms with Crippen LogP contribution in [0.1, 0.15) is 33.4 Å². The Bertz CT molecular complexity index is 952. The van der Waals surface area contributed by atoms with Crippen molar-refractivity contribution in [2.45, 2.75) is 13.5 Å². The van der Waals surface area contributed by atoms with Crippen molar-refractivity contribution >= 4 is 17.5 Å². The SMILES string of the molecule is CCOCCOc1ccc(C(=O)Nc2cccc(C(=O)NCc3ccco3)c2)cc1. The Morgan fingerprint density at radius 1 is 0.933 bits per heavy atom. The fraction of sp³-hybridized carbons (Fsp3) is 0.217. The van der Waals surface area contributed by atoms with Crippen LogP contribution in [0.5, 0.6) is 5.75 Å². The van der Waals surface area contributed by atoms with Gasteiger partial charge in [0.25, 0.3) is 11.8 Å². The molecule has 0 fully saturated rings. The van der Waals surface area contributed by atoms with Crippen LogP contribution in [-0.4, -0.2) is 31.6 Å². The highest BCUT2D eigenvalue weighted by Crippen LogP contribution is 2.16. The lowest BCUT2D eigenvalue weighted by Gasteiger charge is -2.09. The van der Waals surface area contributed by atoms with Gasteiger partial charge >= 0.3 is 0 Å². The van der Waals surface area contributed by atoms with Gasteiger partial charge in [0.1, 0.15) is 18.1 Å². The molecule has 0 aliphatic heterocycles. The number of carbonyl (C=O) groups excluding carboxylic acids is 2. The molecule has 1 heterocycles. The average molecular weight is 408 g/mol. The Hall–Kier alpha value is -3.58. The summed E-state index contributed by atoms with van der Waals surface area (Å²) in [7, 11) is 0. The third-order valence-corrected chi connectivity index (χ3v) is 4.20. The van der Waals surface area contributed by atoms with Gasteiger partial charge in [0.15, 0.2) is 0 Å². The highest BCUT2D eigenvalue weighted by atomic mass is 16.5. The molecule has 2 aromatic carbocycles. The molecule has 0 unspecified atom stereocenters. The monoisotopic (exact) mass is 408 g/mol. The number of rotatable bonds is 10. The summed E-state index contributed by atoms with van der Waals surface area (Å²) in [5.41, 5.74) is 1.46. The van der Waals surface area contributed by atoms with Crippen molar-refractivity contribution in [3.8, 4) is 5.75 Å². The lowest BCUT2D eigenvalue weighted by Crippen LogP contribution is -2.22. The molecule has 0 saturated heterocycles. The molecule has 7 nitrogen and oxygen atoms in total. The van der Waals surface area contributed by atoms with Crippen LogP contribution in [0.2, 0.25) is 0 Å². The van der Waals surface area contributed by atoms with E-state index < -0.39 is 0 Å². The van der Waals surface area contributed by atoms with Gasteiger partial charge in [-0.3, -0.25) is 9.59 Å². The van der Waals surface area contributed by atoms with Crippen molar-refractivity contribution in [1.29, 1.82) is 0 Å². The van der Waals surface area contributed by atoms with Gasteiger partial charge in [-0.2, -0.15) is 0 Å². The lowest BCUT2D eigenvalue weighted by atomic mass is 10.1. The molecule has 2 N–H and O–H groups in total. The average Bonchev–Trinajstić information content (AvgIpc) is 3.29. The summed E-state index contributed by atoms with van der Waals surface area (Å²) in [5.74, 6) is 0.805. The van der Waals surface area contributed by atoms with Gasteiger partial charge in [0, 0.05) is 23.4 Å². The van der Waals surface area contributed by atoms with E-state index in [1.165, 1.54) is 0 Å². The Morgan fingerprint density at radius 3 is 2.50 bits per heavy atom. The van der Waals surface area contributed by atoms with Crippen LogP contribution in [0.25, 0.3) is 0 Å². The van der Waals surface area contributed by atoms with E-state index in [1.54, 1.807) is 66.9 Å². The number of benzene rings is 2. The molecule has 2 amide bonds. The van der Waals surface area contributed by atoms with E-state index in [9.17, 15) is 9.59 Å². The third-order valence-electron chi connectivity index (χ3n) is 4.20. The van der Waals surface area contributed by atoms with Gasteiger partial charge < -0.3 is 24.5 Å². The van der Waals surface area contributed by atoms with Gasteiger partial charge in [0.2, 0.25) is 0 Å². The maximum Gasteiger partial charge on any atom is 0.255 e. The standard InChI is InChI=1S/C23H24N2O5/c1-2-28-13-14-30-20-10-8-17(9-11-20)23(27)25-19-6-3-5-18(15-19)22(26)24-16-21-7-4-12-29-21/h3-12,15H,2,13-14,16H2,1H3,(H,24,26)(H,25,27). The zero-order valence-corrected chi connectivity index (χ0v) is 16.7. The van der Waals surface area contributed by atoms with Crippen molar-refractivity contribution in [3.63, 3.8) is 0 Å². The molecule has 0 spiro atoms. The fourth-order valence-electron chi connectivity index (χ4n) is 2.69. The number of hydrogen-bond donors (Lipinski definition) is 2. The van der Waals surface area contributed by atoms with Crippen LogP contribution in [0.3, 0.4) is 0 Å². The van der Waals surface area contributed by atoms with Crippen LogP contribution >= 0.6 is 0 Å². The predicted octanol–water partition coefficient (Wildman–Crippen LogP) is 3.88. The normalized spacial score (nSPS) is 10.4. The maximum atomic E-state index is 12.5. The van der Waals surface area contributed by atoms with Crippen LogP contribution in [0.4, 0.5) is 5.69 Å². The minimum Gasteiger partial charge on any atom is -0.491 e. The smallest absolute Gasteiger partial charge is 0.255 e. The lowest BCUT2D eigenvalue weighted by molar-refractivity contribution is 0.0946. The minimum atomic E-state index is -0.274. The van der Waals surface area contributed by atoms with Crippen molar-refractivity contribution < 1.29 is 23.5 Å². The summed E-state index contributed by atoms with van der Waals surface area (Å²) in [6.07, 6.45) is 1.55. The van der Waals surface area contributed by atoms with Crippen LogP contribution < -0.4 is 15.4 Å². The summed E-state index contributed by atoms with van der Waals surface area (Å²) in [4.78, 5) is 24.8. The summed E-state index contributed by atoms with van der Waals surface area (Å²) in [6.45, 7) is 3.84. The Morgan fingerprint density at radius 2 is 1.77 bits per heavy atom. The molecule has 1 aromatic heterocycles. The predicted molar refractivity (Wildman–Crippen MR) is 113 cm³/mol. The van der Waals surface area contributed by atoms with E-state index in [-0.39, 0.29) is 11.8 Å². The summed E-state index contributed by atoms with van der Waals surface area (Å²) >= 11 is 0. The first-order valence-corrected chi connectivity index (χ1v) is 9.68. The van der Waals surface area contributed by atoms with E-state index in [4.69, 9.17) is 13.9 Å². The molecular formula is C23H24N2O5. The molecule has 3 rings (SSSR count). The van der Waals surface area contributed by atoms with Crippen molar-refractivity contribution in [2.24, 2.45) is 0 Å². The quantitative estimate of drug-likeness (QED) is 0.497. The largest absolute Gasteiger partial charge is 0.491 e. The Labute approximate surface area is 175 Å². The molecule has 0 bridgehead atoms. The van der Waals surface area contributed by atoms with E-state index in [2.05, 4.69) is 10.6 Å². The highest BCUT2D eigenvalue weighted by molar-refractivity contribution is 6.05. The fourth-order valence-corrected chi connectivity index (χ4v) is 2.69. The second-order valence-corrected chi connectivity index (χ2v) is 6.37. The first-order chi connectivity index (χ1) is 14.7. The number of anilines is 1. The number of furan rings is 1. The Kier molecular flexibility index (Phi) is 7.63. The van der Waals surface area contributed by atoms with Crippen molar-refractivity contribution in [2.75, 3.05) is 25.1 Å². The first-order valence-electron chi connectivity index (χ1n) is 9.68. The van der Waals surface area contributed by atoms with Gasteiger partial charge in [-0.25, -0.2) is 0 Å². The molecule has 0 radical (unpaired) electrons. The summed E-state index contributed by atoms with van der Waals surface area (Å²) in [5, 5.41) is 5.58. The topological polar surface area (TPSA) is 89.8 Å².